The van der Waals surface area contributed by atoms with E-state index in [9.17, 15) is 17.8 Å². The molecule has 102 valence electrons. The van der Waals surface area contributed by atoms with Crippen molar-refractivity contribution in [3.05, 3.63) is 12.7 Å². The minimum Gasteiger partial charge on any atom is -0.726 e. The summed E-state index contributed by atoms with van der Waals surface area (Å²) in [4.78, 5) is 10.7. The van der Waals surface area contributed by atoms with Crippen LogP contribution in [0.2, 0.25) is 0 Å². The van der Waals surface area contributed by atoms with E-state index in [-0.39, 0.29) is 5.91 Å². The average molecular weight is 268 g/mol. The number of nitrogens with zero attached hydrogens (tertiary/aromatic N) is 1. The molecule has 8 heteroatoms. The van der Waals surface area contributed by atoms with Gasteiger partial charge in [0.15, 0.2) is 0 Å². The molecule has 1 N–H and O–H groups in total. The van der Waals surface area contributed by atoms with Crippen molar-refractivity contribution >= 4 is 16.3 Å². The summed E-state index contributed by atoms with van der Waals surface area (Å²) in [6, 6.07) is 0. The Hall–Kier alpha value is -0.960. The molecule has 0 bridgehead atoms. The first kappa shape index (κ1) is 18.4. The summed E-state index contributed by atoms with van der Waals surface area (Å²) in [5.41, 5.74) is 0. The van der Waals surface area contributed by atoms with Crippen molar-refractivity contribution in [2.24, 2.45) is 0 Å². The van der Waals surface area contributed by atoms with Gasteiger partial charge in [-0.3, -0.25) is 8.98 Å². The highest BCUT2D eigenvalue weighted by atomic mass is 32.3. The van der Waals surface area contributed by atoms with Gasteiger partial charge in [0.05, 0.1) is 41.3 Å². The van der Waals surface area contributed by atoms with Crippen LogP contribution in [0.25, 0.3) is 0 Å². The van der Waals surface area contributed by atoms with E-state index in [1.807, 2.05) is 0 Å². The van der Waals surface area contributed by atoms with Gasteiger partial charge >= 0.3 is 0 Å². The molecule has 0 saturated heterocycles. The van der Waals surface area contributed by atoms with Crippen LogP contribution in [0.1, 0.15) is 0 Å². The Morgan fingerprint density at radius 2 is 1.88 bits per heavy atom. The van der Waals surface area contributed by atoms with E-state index in [4.69, 9.17) is 0 Å². The monoisotopic (exact) mass is 268 g/mol. The second-order valence-corrected chi connectivity index (χ2v) is 5.23. The van der Waals surface area contributed by atoms with Crippen LogP contribution in [0, 0.1) is 0 Å². The van der Waals surface area contributed by atoms with Crippen molar-refractivity contribution < 1.29 is 26.4 Å². The van der Waals surface area contributed by atoms with Gasteiger partial charge in [0.1, 0.15) is 0 Å². The Bertz CT molecular complexity index is 332. The molecule has 1 amide bonds. The van der Waals surface area contributed by atoms with Crippen LogP contribution in [-0.2, 0) is 19.4 Å². The third kappa shape index (κ3) is 21.0. The normalized spacial score (nSPS) is 11.1. The van der Waals surface area contributed by atoms with Crippen LogP contribution >= 0.6 is 0 Å². The maximum absolute atomic E-state index is 10.7. The highest BCUT2D eigenvalue weighted by Gasteiger charge is 2.05. The molecule has 0 aliphatic heterocycles. The zero-order valence-corrected chi connectivity index (χ0v) is 11.4. The van der Waals surface area contributed by atoms with Crippen molar-refractivity contribution in [3.8, 4) is 0 Å². The summed E-state index contributed by atoms with van der Waals surface area (Å²) in [6.07, 6.45) is 1.29. The lowest BCUT2D eigenvalue weighted by Crippen LogP contribution is -2.41. The van der Waals surface area contributed by atoms with Crippen molar-refractivity contribution in [1.29, 1.82) is 0 Å². The Balaban J connectivity index is 0. The molecule has 0 spiro atoms. The smallest absolute Gasteiger partial charge is 0.243 e. The van der Waals surface area contributed by atoms with Gasteiger partial charge in [-0.2, -0.15) is 0 Å². The first-order valence-electron chi connectivity index (χ1n) is 4.74. The summed E-state index contributed by atoms with van der Waals surface area (Å²) >= 11 is 0. The largest absolute Gasteiger partial charge is 0.726 e. The van der Waals surface area contributed by atoms with Crippen molar-refractivity contribution in [2.75, 3.05) is 41.3 Å². The van der Waals surface area contributed by atoms with Crippen LogP contribution in [0.3, 0.4) is 0 Å². The third-order valence-electron chi connectivity index (χ3n) is 1.47. The Labute approximate surface area is 103 Å². The lowest BCUT2D eigenvalue weighted by Gasteiger charge is -2.23. The van der Waals surface area contributed by atoms with Gasteiger partial charge in [-0.25, -0.2) is 8.42 Å². The second-order valence-electron chi connectivity index (χ2n) is 4.08. The van der Waals surface area contributed by atoms with Gasteiger partial charge < -0.3 is 14.4 Å². The molecule has 0 aromatic rings. The van der Waals surface area contributed by atoms with Crippen LogP contribution < -0.4 is 5.32 Å². The molecule has 0 saturated carbocycles. The quantitative estimate of drug-likeness (QED) is 0.301. The molecular weight excluding hydrogens is 248 g/mol. The number of quaternary nitrogens is 1. The molecule has 0 aromatic heterocycles. The van der Waals surface area contributed by atoms with E-state index in [1.165, 1.54) is 6.08 Å². The van der Waals surface area contributed by atoms with Crippen molar-refractivity contribution in [1.82, 2.24) is 5.32 Å². The van der Waals surface area contributed by atoms with Gasteiger partial charge in [0.25, 0.3) is 0 Å². The summed E-state index contributed by atoms with van der Waals surface area (Å²) in [5.74, 6) is -0.0987. The van der Waals surface area contributed by atoms with Gasteiger partial charge in [-0.05, 0) is 6.08 Å². The van der Waals surface area contributed by atoms with E-state index in [2.05, 4.69) is 37.2 Å². The van der Waals surface area contributed by atoms with E-state index in [1.54, 1.807) is 0 Å². The van der Waals surface area contributed by atoms with Gasteiger partial charge in [0.2, 0.25) is 16.3 Å². The van der Waals surface area contributed by atoms with Crippen molar-refractivity contribution in [3.63, 3.8) is 0 Å². The van der Waals surface area contributed by atoms with Crippen LogP contribution in [0.5, 0.6) is 0 Å². The van der Waals surface area contributed by atoms with Crippen LogP contribution in [0.4, 0.5) is 0 Å². The average Bonchev–Trinajstić information content (AvgIpc) is 2.15. The summed E-state index contributed by atoms with van der Waals surface area (Å²) in [5, 5.41) is 2.72. The van der Waals surface area contributed by atoms with E-state index in [0.717, 1.165) is 18.1 Å². The number of rotatable bonds is 5. The fourth-order valence-corrected chi connectivity index (χ4v) is 0.587. The Morgan fingerprint density at radius 1 is 1.47 bits per heavy atom. The summed E-state index contributed by atoms with van der Waals surface area (Å²) in [7, 11) is 2.65. The fourth-order valence-electron chi connectivity index (χ4n) is 0.587. The lowest BCUT2D eigenvalue weighted by molar-refractivity contribution is -0.869. The molecule has 0 aliphatic carbocycles. The Morgan fingerprint density at radius 3 is 2.12 bits per heavy atom. The lowest BCUT2D eigenvalue weighted by atomic mass is 10.5. The second kappa shape index (κ2) is 8.18. The number of likely N-dealkylation sites (N-methyl/N-ethyl adjacent to an activating group) is 1. The first-order chi connectivity index (χ1) is 7.52. The molecule has 0 heterocycles. The van der Waals surface area contributed by atoms with Gasteiger partial charge in [0, 0.05) is 0 Å². The topological polar surface area (TPSA) is 95.5 Å². The highest BCUT2D eigenvalue weighted by Crippen LogP contribution is 1.86. The van der Waals surface area contributed by atoms with E-state index >= 15 is 0 Å². The summed E-state index contributed by atoms with van der Waals surface area (Å²) < 4.78 is 31.9. The molecule has 0 unspecified atom stereocenters. The molecule has 0 radical (unpaired) electrons. The maximum Gasteiger partial charge on any atom is 0.243 e. The van der Waals surface area contributed by atoms with Crippen molar-refractivity contribution in [2.45, 2.75) is 0 Å². The molecule has 0 fully saturated rings. The zero-order valence-electron chi connectivity index (χ0n) is 10.6. The predicted octanol–water partition coefficient (Wildman–Crippen LogP) is -0.912. The Kier molecular flexibility index (Phi) is 8.85. The zero-order chi connectivity index (χ0) is 14.1. The maximum atomic E-state index is 10.7. The fraction of sp³-hybridized carbons (Fsp3) is 0.667. The first-order valence-corrected chi connectivity index (χ1v) is 6.07. The number of nitrogens with one attached hydrogen (secondary N) is 1. The standard InChI is InChI=1S/C8H16N2O.CH4O4S/c1-5-8(11)9-6-7-10(2,3)4;1-5-6(2,3)4/h5H,1,6-7H2,2-4H3;1H3,(H,2,3,4). The minimum absolute atomic E-state index is 0.0987. The highest BCUT2D eigenvalue weighted by molar-refractivity contribution is 7.80. The van der Waals surface area contributed by atoms with Gasteiger partial charge in [-0.15, -0.1) is 0 Å². The molecule has 0 aliphatic rings. The third-order valence-corrected chi connectivity index (χ3v) is 1.88. The molecule has 0 atom stereocenters. The molecule has 0 aromatic carbocycles. The molecule has 7 nitrogen and oxygen atoms in total. The van der Waals surface area contributed by atoms with Crippen LogP contribution in [-0.4, -0.2) is 64.7 Å². The number of carbonyl (C=O) groups is 1. The SMILES string of the molecule is C=CC(=O)NCC[N+](C)(C)C.COS(=O)(=O)[O-]. The summed E-state index contributed by atoms with van der Waals surface area (Å²) in [6.45, 7) is 4.99. The number of amides is 1. The molecular formula is C9H20N2O5S. The predicted molar refractivity (Wildman–Crippen MR) is 62.8 cm³/mol. The minimum atomic E-state index is -4.41. The number of hydrogen-bond donors (Lipinski definition) is 1. The number of hydrogen-bond acceptors (Lipinski definition) is 5. The van der Waals surface area contributed by atoms with E-state index in [0.29, 0.717) is 6.54 Å². The number of carbonyl (C=O) groups excluding carboxylic acids is 1. The van der Waals surface area contributed by atoms with Crippen LogP contribution in [0.15, 0.2) is 12.7 Å². The van der Waals surface area contributed by atoms with E-state index < -0.39 is 10.4 Å². The molecule has 0 rings (SSSR count). The van der Waals surface area contributed by atoms with Gasteiger partial charge in [-0.1, -0.05) is 6.58 Å². The molecule has 17 heavy (non-hydrogen) atoms.